The highest BCUT2D eigenvalue weighted by molar-refractivity contribution is 6.17. The first-order valence-electron chi connectivity index (χ1n) is 9.35. The van der Waals surface area contributed by atoms with Crippen molar-refractivity contribution in [2.24, 2.45) is 0 Å². The molecule has 0 radical (unpaired) electrons. The monoisotopic (exact) mass is 427 g/mol. The average Bonchev–Trinajstić information content (AvgIpc) is 3.42. The maximum atomic E-state index is 12.9. The van der Waals surface area contributed by atoms with Crippen LogP contribution in [0.4, 0.5) is 5.69 Å². The lowest BCUT2D eigenvalue weighted by molar-refractivity contribution is 0.102. The SMILES string of the molecule is N#Cc1cccc(NC(=O)c2c[nH]c3ncc(-c4n[nH]c5cc(CCl)ccc45)nc23)c1. The zero-order valence-corrected chi connectivity index (χ0v) is 16.7. The van der Waals surface area contributed by atoms with Gasteiger partial charge in [-0.2, -0.15) is 10.4 Å². The summed E-state index contributed by atoms with van der Waals surface area (Å²) in [7, 11) is 0. The number of halogens is 1. The van der Waals surface area contributed by atoms with Crippen molar-refractivity contribution in [1.82, 2.24) is 25.1 Å². The lowest BCUT2D eigenvalue weighted by Gasteiger charge is -2.05. The Morgan fingerprint density at radius 3 is 2.97 bits per heavy atom. The van der Waals surface area contributed by atoms with Crippen LogP contribution in [-0.4, -0.2) is 31.1 Å². The molecule has 0 aliphatic carbocycles. The Labute approximate surface area is 180 Å². The number of fused-ring (bicyclic) bond motifs is 2. The van der Waals surface area contributed by atoms with E-state index in [4.69, 9.17) is 16.9 Å². The van der Waals surface area contributed by atoms with Gasteiger partial charge < -0.3 is 10.3 Å². The summed E-state index contributed by atoms with van der Waals surface area (Å²) in [5, 5.41) is 20.1. The summed E-state index contributed by atoms with van der Waals surface area (Å²) >= 11 is 5.91. The van der Waals surface area contributed by atoms with Gasteiger partial charge in [-0.05, 0) is 29.8 Å². The molecule has 3 aromatic heterocycles. The first kappa shape index (κ1) is 18.8. The second-order valence-electron chi connectivity index (χ2n) is 6.89. The second-order valence-corrected chi connectivity index (χ2v) is 7.15. The van der Waals surface area contributed by atoms with Crippen LogP contribution in [0.1, 0.15) is 21.5 Å². The number of nitrogens with one attached hydrogen (secondary N) is 3. The number of rotatable bonds is 4. The Bertz CT molecular complexity index is 1500. The number of hydrogen-bond acceptors (Lipinski definition) is 5. The molecular formula is C22H14ClN7O. The Hall–Kier alpha value is -4.22. The first-order valence-corrected chi connectivity index (χ1v) is 9.88. The quantitative estimate of drug-likeness (QED) is 0.367. The molecule has 9 heteroatoms. The highest BCUT2D eigenvalue weighted by Gasteiger charge is 2.17. The Morgan fingerprint density at radius 1 is 1.23 bits per heavy atom. The number of carbonyl (C=O) groups is 1. The molecule has 3 N–H and O–H groups in total. The van der Waals surface area contributed by atoms with Crippen LogP contribution in [0, 0.1) is 11.3 Å². The van der Waals surface area contributed by atoms with Crippen molar-refractivity contribution in [3.05, 3.63) is 71.5 Å². The number of H-pyrrole nitrogens is 2. The standard InChI is InChI=1S/C22H14ClN7O/c23-8-12-4-5-15-17(7-12)29-30-19(15)18-11-26-21-20(28-18)16(10-25-21)22(31)27-14-3-1-2-13(6-14)9-24/h1-7,10-11H,8H2,(H,25,26)(H,27,31)(H,29,30). The first-order chi connectivity index (χ1) is 15.2. The number of aromatic amines is 2. The minimum Gasteiger partial charge on any atom is -0.344 e. The number of carbonyl (C=O) groups excluding carboxylic acids is 1. The fraction of sp³-hybridized carbons (Fsp3) is 0.0455. The van der Waals surface area contributed by atoms with Crippen molar-refractivity contribution in [1.29, 1.82) is 5.26 Å². The van der Waals surface area contributed by atoms with E-state index in [2.05, 4.69) is 36.5 Å². The van der Waals surface area contributed by atoms with Crippen LogP contribution in [0.5, 0.6) is 0 Å². The molecular weight excluding hydrogens is 414 g/mol. The molecule has 8 nitrogen and oxygen atoms in total. The van der Waals surface area contributed by atoms with Crippen LogP contribution in [0.2, 0.25) is 0 Å². The minimum atomic E-state index is -0.355. The van der Waals surface area contributed by atoms with Gasteiger partial charge in [-0.25, -0.2) is 9.97 Å². The number of benzene rings is 2. The predicted octanol–water partition coefficient (Wildman–Crippen LogP) is 4.36. The maximum Gasteiger partial charge on any atom is 0.259 e. The van der Waals surface area contributed by atoms with E-state index in [1.54, 1.807) is 36.7 Å². The number of amides is 1. The summed E-state index contributed by atoms with van der Waals surface area (Å²) in [6, 6.07) is 14.6. The highest BCUT2D eigenvalue weighted by atomic mass is 35.5. The molecule has 0 bridgehead atoms. The zero-order chi connectivity index (χ0) is 21.4. The summed E-state index contributed by atoms with van der Waals surface area (Å²) in [6.07, 6.45) is 3.18. The van der Waals surface area contributed by atoms with E-state index in [-0.39, 0.29) is 5.91 Å². The molecule has 0 aliphatic rings. The van der Waals surface area contributed by atoms with Crippen molar-refractivity contribution in [3.63, 3.8) is 0 Å². The third kappa shape index (κ3) is 3.37. The molecule has 2 aromatic carbocycles. The molecule has 5 rings (SSSR count). The van der Waals surface area contributed by atoms with Gasteiger partial charge in [-0.3, -0.25) is 9.89 Å². The van der Waals surface area contributed by atoms with Crippen LogP contribution in [0.25, 0.3) is 33.5 Å². The van der Waals surface area contributed by atoms with Crippen LogP contribution in [-0.2, 0) is 5.88 Å². The predicted molar refractivity (Wildman–Crippen MR) is 118 cm³/mol. The zero-order valence-electron chi connectivity index (χ0n) is 16.0. The van der Waals surface area contributed by atoms with Gasteiger partial charge in [0.2, 0.25) is 0 Å². The molecule has 0 fully saturated rings. The largest absolute Gasteiger partial charge is 0.344 e. The number of nitrogens with zero attached hydrogens (tertiary/aromatic N) is 4. The Kier molecular flexibility index (Phi) is 4.58. The van der Waals surface area contributed by atoms with Gasteiger partial charge in [0.15, 0.2) is 5.65 Å². The number of nitriles is 1. The molecule has 31 heavy (non-hydrogen) atoms. The van der Waals surface area contributed by atoms with Gasteiger partial charge in [0.05, 0.1) is 28.9 Å². The van der Waals surface area contributed by atoms with E-state index >= 15 is 0 Å². The number of hydrogen-bond donors (Lipinski definition) is 3. The third-order valence-corrected chi connectivity index (χ3v) is 5.21. The Morgan fingerprint density at radius 2 is 2.13 bits per heavy atom. The van der Waals surface area contributed by atoms with Crippen LogP contribution in [0.3, 0.4) is 0 Å². The van der Waals surface area contributed by atoms with Crippen LogP contribution < -0.4 is 5.32 Å². The molecule has 0 saturated heterocycles. The summed E-state index contributed by atoms with van der Waals surface area (Å²) in [5.74, 6) is 0.0567. The molecule has 0 atom stereocenters. The molecule has 0 saturated carbocycles. The molecule has 1 amide bonds. The molecule has 0 aliphatic heterocycles. The second kappa shape index (κ2) is 7.55. The summed E-state index contributed by atoms with van der Waals surface area (Å²) in [6.45, 7) is 0. The molecule has 3 heterocycles. The summed E-state index contributed by atoms with van der Waals surface area (Å²) in [5.41, 5.74) is 5.25. The van der Waals surface area contributed by atoms with Gasteiger partial charge >= 0.3 is 0 Å². The average molecular weight is 428 g/mol. The van der Waals surface area contributed by atoms with E-state index in [1.807, 2.05) is 18.2 Å². The molecule has 5 aromatic rings. The van der Waals surface area contributed by atoms with Gasteiger partial charge in [0.1, 0.15) is 16.9 Å². The van der Waals surface area contributed by atoms with Crippen molar-refractivity contribution in [2.45, 2.75) is 5.88 Å². The van der Waals surface area contributed by atoms with Gasteiger partial charge in [-0.15, -0.1) is 11.6 Å². The van der Waals surface area contributed by atoms with Gasteiger partial charge in [-0.1, -0.05) is 18.2 Å². The molecule has 150 valence electrons. The van der Waals surface area contributed by atoms with E-state index in [0.29, 0.717) is 45.2 Å². The lowest BCUT2D eigenvalue weighted by atomic mass is 10.1. The lowest BCUT2D eigenvalue weighted by Crippen LogP contribution is -2.11. The normalized spacial score (nSPS) is 11.0. The van der Waals surface area contributed by atoms with Gasteiger partial charge in [0.25, 0.3) is 5.91 Å². The summed E-state index contributed by atoms with van der Waals surface area (Å²) < 4.78 is 0. The minimum absolute atomic E-state index is 0.343. The fourth-order valence-electron chi connectivity index (χ4n) is 3.39. The highest BCUT2D eigenvalue weighted by Crippen LogP contribution is 2.27. The van der Waals surface area contributed by atoms with E-state index in [0.717, 1.165) is 16.5 Å². The number of alkyl halides is 1. The molecule has 0 spiro atoms. The topological polar surface area (TPSA) is 123 Å². The van der Waals surface area contributed by atoms with E-state index < -0.39 is 0 Å². The van der Waals surface area contributed by atoms with Crippen molar-refractivity contribution < 1.29 is 4.79 Å². The molecule has 0 unspecified atom stereocenters. The Balaban J connectivity index is 1.53. The fourth-order valence-corrected chi connectivity index (χ4v) is 3.55. The number of anilines is 1. The smallest absolute Gasteiger partial charge is 0.259 e. The van der Waals surface area contributed by atoms with E-state index in [1.165, 1.54) is 0 Å². The van der Waals surface area contributed by atoms with Crippen molar-refractivity contribution in [3.8, 4) is 17.5 Å². The van der Waals surface area contributed by atoms with Crippen molar-refractivity contribution in [2.75, 3.05) is 5.32 Å². The van der Waals surface area contributed by atoms with Gasteiger partial charge in [0, 0.05) is 23.2 Å². The van der Waals surface area contributed by atoms with Crippen LogP contribution in [0.15, 0.2) is 54.9 Å². The van der Waals surface area contributed by atoms with Crippen LogP contribution >= 0.6 is 11.6 Å². The summed E-state index contributed by atoms with van der Waals surface area (Å²) in [4.78, 5) is 24.9. The van der Waals surface area contributed by atoms with Crippen molar-refractivity contribution >= 4 is 45.3 Å². The van der Waals surface area contributed by atoms with E-state index in [9.17, 15) is 4.79 Å². The maximum absolute atomic E-state index is 12.9. The third-order valence-electron chi connectivity index (χ3n) is 4.90. The number of aromatic nitrogens is 5.